The topological polar surface area (TPSA) is 52.6 Å². The molecular formula is C14H16O4. The third-order valence-corrected chi connectivity index (χ3v) is 3.16. The highest BCUT2D eigenvalue weighted by Crippen LogP contribution is 2.26. The number of ether oxygens (including phenoxy) is 2. The Labute approximate surface area is 106 Å². The first-order valence-corrected chi connectivity index (χ1v) is 6.08. The van der Waals surface area contributed by atoms with Gasteiger partial charge in [0.25, 0.3) is 6.29 Å². The number of benzene rings is 1. The third-order valence-electron chi connectivity index (χ3n) is 3.16. The Morgan fingerprint density at radius 1 is 1.33 bits per heavy atom. The van der Waals surface area contributed by atoms with E-state index < -0.39 is 12.3 Å². The Bertz CT molecular complexity index is 440. The van der Waals surface area contributed by atoms with Gasteiger partial charge in [-0.25, -0.2) is 4.79 Å². The van der Waals surface area contributed by atoms with E-state index >= 15 is 0 Å². The zero-order valence-electron chi connectivity index (χ0n) is 10.5. The summed E-state index contributed by atoms with van der Waals surface area (Å²) in [6, 6.07) is 8.57. The summed E-state index contributed by atoms with van der Waals surface area (Å²) in [5, 5.41) is 0. The highest BCUT2D eigenvalue weighted by molar-refractivity contribution is 5.93. The molecular weight excluding hydrogens is 232 g/mol. The fraction of sp³-hybridized carbons (Fsp3) is 0.429. The van der Waals surface area contributed by atoms with Gasteiger partial charge >= 0.3 is 5.97 Å². The van der Waals surface area contributed by atoms with E-state index in [9.17, 15) is 9.59 Å². The molecule has 1 aromatic carbocycles. The molecule has 0 radical (unpaired) electrons. The molecule has 18 heavy (non-hydrogen) atoms. The van der Waals surface area contributed by atoms with Crippen LogP contribution in [0.5, 0.6) is 0 Å². The normalized spacial score (nSPS) is 27.2. The first-order valence-electron chi connectivity index (χ1n) is 6.08. The number of carbonyl (C=O) groups is 2. The van der Waals surface area contributed by atoms with Crippen molar-refractivity contribution in [3.05, 3.63) is 35.9 Å². The van der Waals surface area contributed by atoms with Crippen LogP contribution in [0.2, 0.25) is 0 Å². The van der Waals surface area contributed by atoms with Crippen molar-refractivity contribution in [3.63, 3.8) is 0 Å². The third kappa shape index (κ3) is 2.43. The molecule has 1 fully saturated rings. The lowest BCUT2D eigenvalue weighted by molar-refractivity contribution is -0.145. The van der Waals surface area contributed by atoms with Gasteiger partial charge in [0.2, 0.25) is 5.78 Å². The van der Waals surface area contributed by atoms with Gasteiger partial charge in [-0.3, -0.25) is 4.79 Å². The van der Waals surface area contributed by atoms with Gasteiger partial charge < -0.3 is 9.47 Å². The van der Waals surface area contributed by atoms with Crippen LogP contribution in [0.1, 0.15) is 30.6 Å². The van der Waals surface area contributed by atoms with Crippen LogP contribution in [0.4, 0.5) is 0 Å². The van der Waals surface area contributed by atoms with Crippen LogP contribution in [-0.4, -0.2) is 24.1 Å². The summed E-state index contributed by atoms with van der Waals surface area (Å²) < 4.78 is 10.5. The summed E-state index contributed by atoms with van der Waals surface area (Å²) >= 11 is 0. The average molecular weight is 248 g/mol. The Morgan fingerprint density at radius 2 is 2.00 bits per heavy atom. The summed E-state index contributed by atoms with van der Waals surface area (Å²) in [5.41, 5.74) is 0.418. The fourth-order valence-electron chi connectivity index (χ4n) is 2.02. The SMILES string of the molecule is CC[C@H]1O[C@H](OC(=O)c2ccccc2)C(=O)[C@@H]1C. The Morgan fingerprint density at radius 3 is 2.56 bits per heavy atom. The van der Waals surface area contributed by atoms with Crippen LogP contribution < -0.4 is 0 Å². The van der Waals surface area contributed by atoms with Gasteiger partial charge in [-0.15, -0.1) is 0 Å². The largest absolute Gasteiger partial charge is 0.424 e. The van der Waals surface area contributed by atoms with Crippen molar-refractivity contribution in [1.29, 1.82) is 0 Å². The molecule has 0 amide bonds. The van der Waals surface area contributed by atoms with Gasteiger partial charge in [-0.1, -0.05) is 32.0 Å². The van der Waals surface area contributed by atoms with E-state index in [0.29, 0.717) is 5.56 Å². The van der Waals surface area contributed by atoms with Gasteiger partial charge in [-0.05, 0) is 18.6 Å². The minimum atomic E-state index is -1.06. The summed E-state index contributed by atoms with van der Waals surface area (Å²) in [4.78, 5) is 23.6. The predicted octanol–water partition coefficient (Wildman–Crippen LogP) is 2.18. The molecule has 0 aromatic heterocycles. The smallest absolute Gasteiger partial charge is 0.340 e. The van der Waals surface area contributed by atoms with E-state index in [0.717, 1.165) is 6.42 Å². The van der Waals surface area contributed by atoms with Gasteiger partial charge in [0.1, 0.15) is 0 Å². The fourth-order valence-corrected chi connectivity index (χ4v) is 2.02. The lowest BCUT2D eigenvalue weighted by Crippen LogP contribution is -2.25. The molecule has 1 aliphatic heterocycles. The number of hydrogen-bond donors (Lipinski definition) is 0. The van der Waals surface area contributed by atoms with Crippen LogP contribution in [0.25, 0.3) is 0 Å². The minimum Gasteiger partial charge on any atom is -0.424 e. The number of hydrogen-bond acceptors (Lipinski definition) is 4. The van der Waals surface area contributed by atoms with Crippen molar-refractivity contribution in [1.82, 2.24) is 0 Å². The second-order valence-electron chi connectivity index (χ2n) is 4.38. The van der Waals surface area contributed by atoms with Crippen molar-refractivity contribution in [3.8, 4) is 0 Å². The first-order chi connectivity index (χ1) is 8.63. The number of rotatable bonds is 3. The van der Waals surface area contributed by atoms with Crippen LogP contribution in [-0.2, 0) is 14.3 Å². The molecule has 3 atom stereocenters. The number of Topliss-reactive ketones (excluding diaryl/α,β-unsaturated/α-hetero) is 1. The second-order valence-corrected chi connectivity index (χ2v) is 4.38. The average Bonchev–Trinajstić information content (AvgIpc) is 2.67. The zero-order chi connectivity index (χ0) is 13.1. The van der Waals surface area contributed by atoms with E-state index in [4.69, 9.17) is 9.47 Å². The second kappa shape index (κ2) is 5.31. The van der Waals surface area contributed by atoms with Gasteiger partial charge in [0, 0.05) is 5.92 Å². The number of carbonyl (C=O) groups excluding carboxylic acids is 2. The van der Waals surface area contributed by atoms with Crippen LogP contribution in [0.3, 0.4) is 0 Å². The van der Waals surface area contributed by atoms with Crippen molar-refractivity contribution < 1.29 is 19.1 Å². The molecule has 4 heteroatoms. The van der Waals surface area contributed by atoms with Crippen molar-refractivity contribution in [2.24, 2.45) is 5.92 Å². The molecule has 1 aromatic rings. The number of ketones is 1. The van der Waals surface area contributed by atoms with Crippen molar-refractivity contribution in [2.75, 3.05) is 0 Å². The Balaban J connectivity index is 2.03. The highest BCUT2D eigenvalue weighted by Gasteiger charge is 2.41. The quantitative estimate of drug-likeness (QED) is 0.769. The molecule has 0 unspecified atom stereocenters. The van der Waals surface area contributed by atoms with E-state index in [1.54, 1.807) is 31.2 Å². The summed E-state index contributed by atoms with van der Waals surface area (Å²) in [6.45, 7) is 3.74. The Kier molecular flexibility index (Phi) is 3.77. The lowest BCUT2D eigenvalue weighted by Gasteiger charge is -2.12. The van der Waals surface area contributed by atoms with E-state index in [1.807, 2.05) is 13.0 Å². The minimum absolute atomic E-state index is 0.161. The predicted molar refractivity (Wildman–Crippen MR) is 65.0 cm³/mol. The summed E-state index contributed by atoms with van der Waals surface area (Å²) in [7, 11) is 0. The monoisotopic (exact) mass is 248 g/mol. The standard InChI is InChI=1S/C14H16O4/c1-3-11-9(2)12(15)14(17-11)18-13(16)10-7-5-4-6-8-10/h4-9,11,14H,3H2,1-2H3/t9-,11-,14-/m1/s1. The maximum atomic E-state index is 11.8. The molecule has 1 aliphatic rings. The van der Waals surface area contributed by atoms with Crippen molar-refractivity contribution >= 4 is 11.8 Å². The first kappa shape index (κ1) is 12.8. The van der Waals surface area contributed by atoms with Crippen LogP contribution in [0.15, 0.2) is 30.3 Å². The molecule has 0 aliphatic carbocycles. The van der Waals surface area contributed by atoms with E-state index in [2.05, 4.69) is 0 Å². The van der Waals surface area contributed by atoms with Gasteiger partial charge in [0.05, 0.1) is 11.7 Å². The molecule has 1 saturated heterocycles. The number of esters is 1. The molecule has 0 spiro atoms. The molecule has 4 nitrogen and oxygen atoms in total. The maximum Gasteiger partial charge on any atom is 0.340 e. The van der Waals surface area contributed by atoms with E-state index in [-0.39, 0.29) is 17.8 Å². The molecule has 0 bridgehead atoms. The molecule has 0 N–H and O–H groups in total. The summed E-state index contributed by atoms with van der Waals surface area (Å²) in [5.74, 6) is -0.910. The lowest BCUT2D eigenvalue weighted by atomic mass is 10.0. The zero-order valence-corrected chi connectivity index (χ0v) is 10.5. The highest BCUT2D eigenvalue weighted by atomic mass is 16.7. The van der Waals surface area contributed by atoms with Gasteiger partial charge in [-0.2, -0.15) is 0 Å². The van der Waals surface area contributed by atoms with Gasteiger partial charge in [0.15, 0.2) is 0 Å². The summed E-state index contributed by atoms with van der Waals surface area (Å²) in [6.07, 6.45) is -0.490. The molecule has 2 rings (SSSR count). The van der Waals surface area contributed by atoms with E-state index in [1.165, 1.54) is 0 Å². The van der Waals surface area contributed by atoms with Crippen LogP contribution >= 0.6 is 0 Å². The molecule has 1 heterocycles. The Hall–Kier alpha value is -1.68. The molecule has 0 saturated carbocycles. The van der Waals surface area contributed by atoms with Crippen LogP contribution in [0, 0.1) is 5.92 Å². The maximum absolute atomic E-state index is 11.8. The van der Waals surface area contributed by atoms with Crippen molar-refractivity contribution in [2.45, 2.75) is 32.7 Å². The molecule has 96 valence electrons.